The van der Waals surface area contributed by atoms with Crippen molar-refractivity contribution in [1.82, 2.24) is 0 Å². The fourth-order valence-electron chi connectivity index (χ4n) is 0.213. The molecule has 0 fully saturated rings. The highest BCUT2D eigenvalue weighted by Gasteiger charge is 1.98. The molecular weight excluding hydrogens is 146 g/mol. The second-order valence-corrected chi connectivity index (χ2v) is 2.06. The first kappa shape index (κ1) is 12.7. The lowest BCUT2D eigenvalue weighted by Crippen LogP contribution is -2.00. The van der Waals surface area contributed by atoms with E-state index in [0.29, 0.717) is 0 Å². The highest BCUT2D eigenvalue weighted by atomic mass is 16.4. The Labute approximate surface area is 66.4 Å². The third kappa shape index (κ3) is 27.3. The molecule has 0 spiro atoms. The summed E-state index contributed by atoms with van der Waals surface area (Å²) < 4.78 is 0. The molecule has 4 heteroatoms. The van der Waals surface area contributed by atoms with Gasteiger partial charge in [-0.3, -0.25) is 9.59 Å². The van der Waals surface area contributed by atoms with E-state index >= 15 is 0 Å². The van der Waals surface area contributed by atoms with Crippen molar-refractivity contribution in [2.75, 3.05) is 6.54 Å². The maximum Gasteiger partial charge on any atom is 0.310 e. The minimum Gasteiger partial charge on any atom is -0.481 e. The topological polar surface area (TPSA) is 80.4 Å². The van der Waals surface area contributed by atoms with E-state index in [9.17, 15) is 9.59 Å². The molecule has 0 saturated carbocycles. The van der Waals surface area contributed by atoms with Crippen LogP contribution >= 0.6 is 0 Å². The summed E-state index contributed by atoms with van der Waals surface area (Å²) in [6, 6.07) is 0. The van der Waals surface area contributed by atoms with Gasteiger partial charge in [0, 0.05) is 0 Å². The molecule has 0 aromatic carbocycles. The van der Waals surface area contributed by atoms with Crippen molar-refractivity contribution in [2.45, 2.75) is 26.7 Å². The van der Waals surface area contributed by atoms with Crippen molar-refractivity contribution < 1.29 is 14.7 Å². The van der Waals surface area contributed by atoms with Gasteiger partial charge in [0.25, 0.3) is 0 Å². The second kappa shape index (κ2) is 9.10. The number of carboxylic acids is 1. The van der Waals surface area contributed by atoms with Crippen LogP contribution in [0.2, 0.25) is 0 Å². The van der Waals surface area contributed by atoms with E-state index in [-0.39, 0.29) is 12.2 Å². The number of hydrogen-bond donors (Lipinski definition) is 2. The van der Waals surface area contributed by atoms with Gasteiger partial charge >= 0.3 is 5.97 Å². The molecule has 3 N–H and O–H groups in total. The third-order valence-electron chi connectivity index (χ3n) is 0.689. The monoisotopic (exact) mass is 161 g/mol. The van der Waals surface area contributed by atoms with E-state index in [4.69, 9.17) is 10.8 Å². The zero-order chi connectivity index (χ0) is 9.28. The molecule has 0 aromatic heterocycles. The molecule has 4 nitrogen and oxygen atoms in total. The van der Waals surface area contributed by atoms with Crippen LogP contribution in [0, 0.1) is 0 Å². The summed E-state index contributed by atoms with van der Waals surface area (Å²) in [5.41, 5.74) is 5.03. The van der Waals surface area contributed by atoms with E-state index in [0.717, 1.165) is 13.0 Å². The third-order valence-corrected chi connectivity index (χ3v) is 0.689. The van der Waals surface area contributed by atoms with Crippen molar-refractivity contribution in [3.63, 3.8) is 0 Å². The van der Waals surface area contributed by atoms with Crippen molar-refractivity contribution in [3.8, 4) is 0 Å². The lowest BCUT2D eigenvalue weighted by atomic mass is 10.3. The number of ketones is 1. The summed E-state index contributed by atoms with van der Waals surface area (Å²) in [6.45, 7) is 4.12. The van der Waals surface area contributed by atoms with Crippen molar-refractivity contribution in [3.05, 3.63) is 0 Å². The predicted molar refractivity (Wildman–Crippen MR) is 42.3 cm³/mol. The SMILES string of the molecule is CC(=O)CC(=O)O.CCCN. The largest absolute Gasteiger partial charge is 0.481 e. The van der Waals surface area contributed by atoms with Crippen molar-refractivity contribution >= 4 is 11.8 Å². The summed E-state index contributed by atoms with van der Waals surface area (Å²) in [7, 11) is 0. The Morgan fingerprint density at radius 1 is 1.45 bits per heavy atom. The van der Waals surface area contributed by atoms with Crippen LogP contribution in [0.4, 0.5) is 0 Å². The molecule has 0 atom stereocenters. The minimum atomic E-state index is -1.06. The summed E-state index contributed by atoms with van der Waals surface area (Å²) in [6.07, 6.45) is 0.736. The fourth-order valence-corrected chi connectivity index (χ4v) is 0.213. The fraction of sp³-hybridized carbons (Fsp3) is 0.714. The number of nitrogens with two attached hydrogens (primary N) is 1. The van der Waals surface area contributed by atoms with Crippen LogP contribution < -0.4 is 5.73 Å². The van der Waals surface area contributed by atoms with Gasteiger partial charge in [-0.2, -0.15) is 0 Å². The second-order valence-electron chi connectivity index (χ2n) is 2.06. The first-order valence-electron chi connectivity index (χ1n) is 3.45. The zero-order valence-electron chi connectivity index (χ0n) is 6.96. The van der Waals surface area contributed by atoms with Crippen LogP contribution in [0.15, 0.2) is 0 Å². The zero-order valence-corrected chi connectivity index (χ0v) is 6.96. The average Bonchev–Trinajstić information content (AvgIpc) is 1.85. The quantitative estimate of drug-likeness (QED) is 0.587. The Bertz CT molecular complexity index is 109. The number of carbonyl (C=O) groups is 2. The Morgan fingerprint density at radius 3 is 1.82 bits per heavy atom. The van der Waals surface area contributed by atoms with Gasteiger partial charge in [-0.05, 0) is 19.9 Å². The Kier molecular flexibility index (Phi) is 10.5. The standard InChI is InChI=1S/C4H6O3.C3H9N/c1-3(5)2-4(6)7;1-2-3-4/h2H2,1H3,(H,6,7);2-4H2,1H3. The minimum absolute atomic E-state index is 0.312. The maximum absolute atomic E-state index is 9.87. The van der Waals surface area contributed by atoms with Gasteiger partial charge in [-0.25, -0.2) is 0 Å². The Morgan fingerprint density at radius 2 is 1.82 bits per heavy atom. The molecule has 0 bridgehead atoms. The van der Waals surface area contributed by atoms with Crippen LogP contribution in [0.1, 0.15) is 26.7 Å². The molecule has 0 saturated heterocycles. The molecule has 0 radical (unpaired) electrons. The molecule has 0 unspecified atom stereocenters. The van der Waals surface area contributed by atoms with Crippen LogP contribution in [0.25, 0.3) is 0 Å². The smallest absolute Gasteiger partial charge is 0.310 e. The molecule has 0 amide bonds. The molecular formula is C7H15NO3. The van der Waals surface area contributed by atoms with Gasteiger partial charge in [-0.1, -0.05) is 6.92 Å². The van der Waals surface area contributed by atoms with E-state index in [1.165, 1.54) is 6.92 Å². The lowest BCUT2D eigenvalue weighted by Gasteiger charge is -1.80. The van der Waals surface area contributed by atoms with Gasteiger partial charge in [-0.15, -0.1) is 0 Å². The van der Waals surface area contributed by atoms with E-state index < -0.39 is 5.97 Å². The summed E-state index contributed by atoms with van der Waals surface area (Å²) in [5.74, 6) is -1.37. The van der Waals surface area contributed by atoms with Crippen LogP contribution in [0.5, 0.6) is 0 Å². The number of rotatable bonds is 3. The molecule has 11 heavy (non-hydrogen) atoms. The van der Waals surface area contributed by atoms with Gasteiger partial charge in [0.05, 0.1) is 0 Å². The van der Waals surface area contributed by atoms with Gasteiger partial charge in [0.1, 0.15) is 12.2 Å². The van der Waals surface area contributed by atoms with E-state index in [2.05, 4.69) is 6.92 Å². The highest BCUT2D eigenvalue weighted by Crippen LogP contribution is 1.77. The Hall–Kier alpha value is -0.900. The predicted octanol–water partition coefficient (Wildman–Crippen LogP) is 0.405. The lowest BCUT2D eigenvalue weighted by molar-refractivity contribution is -0.139. The number of Topliss-reactive ketones (excluding diaryl/α,β-unsaturated/α-hetero) is 1. The molecule has 0 rings (SSSR count). The first-order valence-corrected chi connectivity index (χ1v) is 3.45. The maximum atomic E-state index is 9.87. The number of hydrogen-bond acceptors (Lipinski definition) is 3. The van der Waals surface area contributed by atoms with Gasteiger partial charge in [0.15, 0.2) is 0 Å². The summed E-state index contributed by atoms with van der Waals surface area (Å²) >= 11 is 0. The highest BCUT2D eigenvalue weighted by molar-refractivity contribution is 5.93. The average molecular weight is 161 g/mol. The summed E-state index contributed by atoms with van der Waals surface area (Å²) in [4.78, 5) is 19.5. The molecule has 0 aliphatic heterocycles. The van der Waals surface area contributed by atoms with Gasteiger partial charge < -0.3 is 10.8 Å². The van der Waals surface area contributed by atoms with Crippen molar-refractivity contribution in [2.24, 2.45) is 5.73 Å². The normalized spacial score (nSPS) is 7.91. The molecule has 0 aliphatic rings. The van der Waals surface area contributed by atoms with E-state index in [1.807, 2.05) is 0 Å². The van der Waals surface area contributed by atoms with Crippen LogP contribution in [-0.4, -0.2) is 23.4 Å². The van der Waals surface area contributed by atoms with Crippen LogP contribution in [0.3, 0.4) is 0 Å². The van der Waals surface area contributed by atoms with Gasteiger partial charge in [0.2, 0.25) is 0 Å². The number of carbonyl (C=O) groups excluding carboxylic acids is 1. The number of carboxylic acid groups (broad SMARTS) is 1. The van der Waals surface area contributed by atoms with Crippen molar-refractivity contribution in [1.29, 1.82) is 0 Å². The Balaban J connectivity index is 0. The van der Waals surface area contributed by atoms with Crippen LogP contribution in [-0.2, 0) is 9.59 Å². The first-order chi connectivity index (χ1) is 5.04. The summed E-state index contributed by atoms with van der Waals surface area (Å²) in [5, 5.41) is 7.86. The molecule has 0 aliphatic carbocycles. The molecule has 66 valence electrons. The number of aliphatic carboxylic acids is 1. The molecule has 0 aromatic rings. The van der Waals surface area contributed by atoms with E-state index in [1.54, 1.807) is 0 Å². The molecule has 0 heterocycles.